The maximum Gasteiger partial charge on any atom is 0.00176 e. The van der Waals surface area contributed by atoms with Crippen molar-refractivity contribution in [2.45, 2.75) is 26.2 Å². The van der Waals surface area contributed by atoms with Gasteiger partial charge in [-0.1, -0.05) is 176 Å². The average molecular weight is 641 g/mol. The molecule has 0 unspecified atom stereocenters. The number of rotatable bonds is 9. The molecule has 0 N–H and O–H groups in total. The van der Waals surface area contributed by atoms with Gasteiger partial charge in [0.15, 0.2) is 0 Å². The predicted octanol–water partition coefficient (Wildman–Crippen LogP) is 8.81. The highest BCUT2D eigenvalue weighted by Gasteiger charge is 2.28. The molecule has 6 aromatic rings. The minimum Gasteiger partial charge on any atom is -0.0645 e. The zero-order valence-electron chi connectivity index (χ0n) is 26.8. The molecule has 0 bridgehead atoms. The molecule has 2 heteroatoms. The van der Waals surface area contributed by atoms with Crippen molar-refractivity contribution in [3.63, 3.8) is 0 Å². The molecule has 228 valence electrons. The topological polar surface area (TPSA) is 0 Å². The van der Waals surface area contributed by atoms with E-state index in [0.717, 1.165) is 19.3 Å². The van der Waals surface area contributed by atoms with E-state index in [0.29, 0.717) is 5.92 Å². The number of hydrogen-bond acceptors (Lipinski definition) is 0. The number of hydrogen-bond donors (Lipinski definition) is 0. The van der Waals surface area contributed by atoms with Crippen molar-refractivity contribution in [1.82, 2.24) is 0 Å². The molecule has 8 rings (SSSR count). The molecule has 0 spiro atoms. The molecule has 0 nitrogen and oxygen atoms in total. The summed E-state index contributed by atoms with van der Waals surface area (Å²) in [6.45, 7) is 2.36. The molecular formula is C45H38P2. The van der Waals surface area contributed by atoms with Crippen molar-refractivity contribution >= 4 is 59.8 Å². The van der Waals surface area contributed by atoms with Crippen molar-refractivity contribution in [2.75, 3.05) is 0 Å². The third kappa shape index (κ3) is 6.10. The molecule has 0 aliphatic heterocycles. The minimum absolute atomic E-state index is 0.469. The molecule has 2 aliphatic carbocycles. The van der Waals surface area contributed by atoms with Gasteiger partial charge in [0, 0.05) is 5.92 Å². The van der Waals surface area contributed by atoms with Crippen LogP contribution in [0.3, 0.4) is 0 Å². The number of fused-ring (bicyclic) bond motifs is 2. The quantitative estimate of drug-likeness (QED) is 0.139. The molecule has 0 fully saturated rings. The van der Waals surface area contributed by atoms with Crippen LogP contribution in [0.25, 0.3) is 12.2 Å². The van der Waals surface area contributed by atoms with E-state index in [-0.39, 0.29) is 0 Å². The van der Waals surface area contributed by atoms with Crippen LogP contribution in [0.4, 0.5) is 0 Å². The van der Waals surface area contributed by atoms with Gasteiger partial charge in [-0.2, -0.15) is 0 Å². The van der Waals surface area contributed by atoms with Crippen molar-refractivity contribution in [3.05, 3.63) is 191 Å². The van der Waals surface area contributed by atoms with Gasteiger partial charge in [-0.3, -0.25) is 0 Å². The van der Waals surface area contributed by atoms with E-state index >= 15 is 0 Å². The summed E-state index contributed by atoms with van der Waals surface area (Å²) in [5, 5.41) is 8.46. The third-order valence-electron chi connectivity index (χ3n) is 9.61. The highest BCUT2D eigenvalue weighted by atomic mass is 31.1. The first-order valence-corrected chi connectivity index (χ1v) is 19.4. The van der Waals surface area contributed by atoms with Crippen LogP contribution in [0.1, 0.15) is 35.6 Å². The van der Waals surface area contributed by atoms with Crippen molar-refractivity contribution < 1.29 is 0 Å². The van der Waals surface area contributed by atoms with Crippen LogP contribution in [-0.2, 0) is 12.8 Å². The first-order chi connectivity index (χ1) is 23.2. The van der Waals surface area contributed by atoms with Crippen LogP contribution in [-0.4, -0.2) is 0 Å². The Morgan fingerprint density at radius 1 is 0.426 bits per heavy atom. The Labute approximate surface area is 282 Å². The largest absolute Gasteiger partial charge is 0.0645 e. The molecule has 2 aliphatic rings. The minimum atomic E-state index is -0.608. The van der Waals surface area contributed by atoms with Gasteiger partial charge in [-0.25, -0.2) is 0 Å². The summed E-state index contributed by atoms with van der Waals surface area (Å²) in [5.74, 6) is 0.469. The van der Waals surface area contributed by atoms with Crippen molar-refractivity contribution in [2.24, 2.45) is 5.92 Å². The normalized spacial score (nSPS) is 13.5. The Balaban J connectivity index is 1.10. The van der Waals surface area contributed by atoms with Crippen LogP contribution in [0.5, 0.6) is 0 Å². The summed E-state index contributed by atoms with van der Waals surface area (Å²) in [6.07, 6.45) is 8.27. The highest BCUT2D eigenvalue weighted by molar-refractivity contribution is 7.80. The molecule has 0 atom stereocenters. The molecular weight excluding hydrogens is 602 g/mol. The van der Waals surface area contributed by atoms with Gasteiger partial charge in [0.05, 0.1) is 0 Å². The van der Waals surface area contributed by atoms with Crippen LogP contribution >= 0.6 is 15.8 Å². The molecule has 0 radical (unpaired) electrons. The predicted molar refractivity (Wildman–Crippen MR) is 207 cm³/mol. The lowest BCUT2D eigenvalue weighted by atomic mass is 9.86. The summed E-state index contributed by atoms with van der Waals surface area (Å²) < 4.78 is 0. The Hall–Kier alpha value is -4.34. The zero-order chi connectivity index (χ0) is 31.6. The highest BCUT2D eigenvalue weighted by Crippen LogP contribution is 2.42. The molecule has 6 aromatic carbocycles. The molecule has 0 saturated carbocycles. The fraction of sp³-hybridized carbons (Fsp3) is 0.111. The maximum atomic E-state index is 2.52. The molecule has 0 aromatic heterocycles. The second-order valence-electron chi connectivity index (χ2n) is 12.5. The SMILES string of the molecule is CCC(C1=Cc2cc(P(c3ccccc3)c3ccccc3)ccc2C1)C1=Cc2cc(P(c3ccccc3)c3ccccc3)ccc2C1. The maximum absolute atomic E-state index is 2.52. The van der Waals surface area contributed by atoms with Gasteiger partial charge in [0.25, 0.3) is 0 Å². The van der Waals surface area contributed by atoms with E-state index in [1.165, 1.54) is 54.1 Å². The fourth-order valence-corrected chi connectivity index (χ4v) is 12.0. The van der Waals surface area contributed by atoms with E-state index in [1.54, 1.807) is 11.1 Å². The van der Waals surface area contributed by atoms with Crippen LogP contribution < -0.4 is 31.8 Å². The Morgan fingerprint density at radius 3 is 1.09 bits per heavy atom. The summed E-state index contributed by atoms with van der Waals surface area (Å²) in [6, 6.07) is 58.7. The molecule has 47 heavy (non-hydrogen) atoms. The van der Waals surface area contributed by atoms with Gasteiger partial charge in [0.1, 0.15) is 0 Å². The monoisotopic (exact) mass is 640 g/mol. The van der Waals surface area contributed by atoms with Gasteiger partial charge < -0.3 is 0 Å². The van der Waals surface area contributed by atoms with Crippen molar-refractivity contribution in [3.8, 4) is 0 Å². The van der Waals surface area contributed by atoms with E-state index < -0.39 is 15.8 Å². The standard InChI is InChI=1S/C45H38P2/c1-2-45(37-27-33-23-25-43(31-35(33)29-37)46(39-15-7-3-8-16-39)40-17-9-4-10-18-40)38-28-34-24-26-44(32-36(34)30-38)47(41-19-11-5-12-20-41)42-21-13-6-14-22-42/h3-26,29-32,45H,2,27-28H2,1H3. The van der Waals surface area contributed by atoms with Gasteiger partial charge in [0.2, 0.25) is 0 Å². The van der Waals surface area contributed by atoms with Crippen LogP contribution in [0.15, 0.2) is 169 Å². The lowest BCUT2D eigenvalue weighted by Gasteiger charge is -2.20. The number of allylic oxidation sites excluding steroid dienone is 2. The zero-order valence-corrected chi connectivity index (χ0v) is 28.5. The lowest BCUT2D eigenvalue weighted by molar-refractivity contribution is 0.667. The van der Waals surface area contributed by atoms with Gasteiger partial charge in [-0.15, -0.1) is 0 Å². The summed E-state index contributed by atoms with van der Waals surface area (Å²) in [7, 11) is -1.22. The van der Waals surface area contributed by atoms with Crippen LogP contribution in [0, 0.1) is 5.92 Å². The average Bonchev–Trinajstić information content (AvgIpc) is 3.75. The van der Waals surface area contributed by atoms with Crippen molar-refractivity contribution in [1.29, 1.82) is 0 Å². The second kappa shape index (κ2) is 13.4. The smallest absolute Gasteiger partial charge is 0.00176 e. The molecule has 0 amide bonds. The molecule has 0 heterocycles. The summed E-state index contributed by atoms with van der Waals surface area (Å²) in [4.78, 5) is 0. The fourth-order valence-electron chi connectivity index (χ4n) is 7.39. The van der Waals surface area contributed by atoms with Gasteiger partial charge >= 0.3 is 0 Å². The Bertz CT molecular complexity index is 1830. The van der Waals surface area contributed by atoms with Gasteiger partial charge in [-0.05, 0) is 101 Å². The molecule has 0 saturated heterocycles. The summed E-state index contributed by atoms with van der Waals surface area (Å²) >= 11 is 0. The van der Waals surface area contributed by atoms with E-state index in [4.69, 9.17) is 0 Å². The number of benzene rings is 6. The third-order valence-corrected chi connectivity index (χ3v) is 14.5. The Kier molecular flexibility index (Phi) is 8.57. The first kappa shape index (κ1) is 30.0. The van der Waals surface area contributed by atoms with E-state index in [9.17, 15) is 0 Å². The Morgan fingerprint density at radius 2 is 0.766 bits per heavy atom. The summed E-state index contributed by atoms with van der Waals surface area (Å²) in [5.41, 5.74) is 8.88. The first-order valence-electron chi connectivity index (χ1n) is 16.7. The van der Waals surface area contributed by atoms with Crippen LogP contribution in [0.2, 0.25) is 0 Å². The lowest BCUT2D eigenvalue weighted by Crippen LogP contribution is -2.20. The van der Waals surface area contributed by atoms with E-state index in [1.807, 2.05) is 0 Å². The van der Waals surface area contributed by atoms with E-state index in [2.05, 4.69) is 177 Å². The second-order valence-corrected chi connectivity index (χ2v) is 17.0.